The molecule has 2 aliphatic rings. The molecule has 0 saturated carbocycles. The van der Waals surface area contributed by atoms with E-state index in [0.29, 0.717) is 32.4 Å². The highest BCUT2D eigenvalue weighted by Gasteiger charge is 2.47. The lowest BCUT2D eigenvalue weighted by Crippen LogP contribution is -2.45. The van der Waals surface area contributed by atoms with Crippen molar-refractivity contribution in [3.63, 3.8) is 0 Å². The number of nitrogens with zero attached hydrogens (tertiary/aromatic N) is 2. The molecule has 1 unspecified atom stereocenters. The molecule has 1 aliphatic carbocycles. The molecule has 1 aromatic heterocycles. The number of hydrogen-bond donors (Lipinski definition) is 1. The lowest BCUT2D eigenvalue weighted by atomic mass is 9.73. The molecule has 2 aromatic carbocycles. The number of aryl methyl sites for hydroxylation is 1. The van der Waals surface area contributed by atoms with E-state index in [9.17, 15) is 18.4 Å². The summed E-state index contributed by atoms with van der Waals surface area (Å²) in [4.78, 5) is 31.9. The zero-order valence-corrected chi connectivity index (χ0v) is 22.6. The second-order valence-electron chi connectivity index (χ2n) is 10.0. The maximum atomic E-state index is 14.8. The lowest BCUT2D eigenvalue weighted by molar-refractivity contribution is 0.0652. The average molecular weight is 556 g/mol. The summed E-state index contributed by atoms with van der Waals surface area (Å²) in [6, 6.07) is 9.53. The van der Waals surface area contributed by atoms with Gasteiger partial charge in [-0.05, 0) is 55.5 Å². The minimum atomic E-state index is -0.673. The van der Waals surface area contributed by atoms with Gasteiger partial charge in [0.1, 0.15) is 22.4 Å². The number of nitrogens with one attached hydrogen (secondary N) is 1. The van der Waals surface area contributed by atoms with Crippen LogP contribution in [0, 0.1) is 18.6 Å². The van der Waals surface area contributed by atoms with Gasteiger partial charge in [0.05, 0.1) is 32.0 Å². The molecule has 2 amide bonds. The molecule has 1 aliphatic heterocycles. The molecule has 39 heavy (non-hydrogen) atoms. The van der Waals surface area contributed by atoms with Crippen molar-refractivity contribution < 1.29 is 27.8 Å². The molecule has 0 bridgehead atoms. The summed E-state index contributed by atoms with van der Waals surface area (Å²) >= 11 is 6.07. The van der Waals surface area contributed by atoms with Gasteiger partial charge in [0.2, 0.25) is 0 Å². The Balaban J connectivity index is 1.39. The van der Waals surface area contributed by atoms with E-state index in [2.05, 4.69) is 22.4 Å². The van der Waals surface area contributed by atoms with E-state index >= 15 is 0 Å². The number of carbonyl (C=O) groups excluding carboxylic acids is 2. The number of likely N-dealkylation sites (tertiary alicyclic amines) is 1. The van der Waals surface area contributed by atoms with Crippen molar-refractivity contribution in [2.45, 2.75) is 37.6 Å². The molecule has 5 rings (SSSR count). The van der Waals surface area contributed by atoms with Crippen LogP contribution in [0.3, 0.4) is 0 Å². The summed E-state index contributed by atoms with van der Waals surface area (Å²) in [5.74, 6) is -1.94. The SMILES string of the molecule is COc1ccc(F)c(C(=O)N2CCC3(CC2)CC(NC(=O)c2cc(F)cnc2Cl)c2cc(C)ccc23)c1OC. The quantitative estimate of drug-likeness (QED) is 0.427. The van der Waals surface area contributed by atoms with Crippen LogP contribution in [0.15, 0.2) is 42.6 Å². The van der Waals surface area contributed by atoms with Crippen LogP contribution in [0.5, 0.6) is 11.5 Å². The highest BCUT2D eigenvalue weighted by atomic mass is 35.5. The van der Waals surface area contributed by atoms with Crippen LogP contribution in [0.25, 0.3) is 0 Å². The summed E-state index contributed by atoms with van der Waals surface area (Å²) < 4.78 is 39.1. The number of fused-ring (bicyclic) bond motifs is 2. The summed E-state index contributed by atoms with van der Waals surface area (Å²) in [6.07, 6.45) is 2.82. The number of piperidine rings is 1. The number of halogens is 3. The first kappa shape index (κ1) is 26.9. The first-order chi connectivity index (χ1) is 18.7. The molecule has 1 N–H and O–H groups in total. The van der Waals surface area contributed by atoms with Gasteiger partial charge in [0.25, 0.3) is 11.8 Å². The second kappa shape index (κ2) is 10.4. The predicted molar refractivity (Wildman–Crippen MR) is 142 cm³/mol. The fourth-order valence-electron chi connectivity index (χ4n) is 5.88. The minimum Gasteiger partial charge on any atom is -0.493 e. The van der Waals surface area contributed by atoms with Gasteiger partial charge in [-0.25, -0.2) is 13.8 Å². The normalized spacial score (nSPS) is 17.6. The van der Waals surface area contributed by atoms with E-state index < -0.39 is 23.4 Å². The highest BCUT2D eigenvalue weighted by Crippen LogP contribution is 2.51. The van der Waals surface area contributed by atoms with E-state index in [4.69, 9.17) is 21.1 Å². The number of methoxy groups -OCH3 is 2. The summed E-state index contributed by atoms with van der Waals surface area (Å²) in [5.41, 5.74) is 2.67. The van der Waals surface area contributed by atoms with E-state index in [0.717, 1.165) is 29.0 Å². The molecule has 1 saturated heterocycles. The monoisotopic (exact) mass is 555 g/mol. The summed E-state index contributed by atoms with van der Waals surface area (Å²) in [7, 11) is 2.81. The van der Waals surface area contributed by atoms with Crippen LogP contribution in [-0.4, -0.2) is 49.0 Å². The van der Waals surface area contributed by atoms with Crippen LogP contribution >= 0.6 is 11.6 Å². The molecule has 2 heterocycles. The topological polar surface area (TPSA) is 80.8 Å². The molecule has 3 aromatic rings. The van der Waals surface area contributed by atoms with E-state index in [-0.39, 0.29) is 39.2 Å². The Bertz CT molecular complexity index is 1460. The third-order valence-electron chi connectivity index (χ3n) is 7.82. The van der Waals surface area contributed by atoms with Crippen molar-refractivity contribution in [3.05, 3.63) is 87.2 Å². The van der Waals surface area contributed by atoms with Crippen molar-refractivity contribution in [2.24, 2.45) is 0 Å². The zero-order chi connectivity index (χ0) is 27.9. The molecular weight excluding hydrogens is 528 g/mol. The predicted octanol–water partition coefficient (Wildman–Crippen LogP) is 5.39. The Morgan fingerprint density at radius 3 is 2.54 bits per heavy atom. The van der Waals surface area contributed by atoms with Crippen LogP contribution < -0.4 is 14.8 Å². The van der Waals surface area contributed by atoms with Crippen molar-refractivity contribution in [1.82, 2.24) is 15.2 Å². The van der Waals surface area contributed by atoms with E-state index in [1.807, 2.05) is 13.0 Å². The van der Waals surface area contributed by atoms with Crippen LogP contribution in [0.4, 0.5) is 8.78 Å². The molecule has 10 heteroatoms. The number of amides is 2. The first-order valence-corrected chi connectivity index (χ1v) is 13.0. The van der Waals surface area contributed by atoms with Gasteiger partial charge in [0.15, 0.2) is 11.5 Å². The van der Waals surface area contributed by atoms with Crippen molar-refractivity contribution >= 4 is 23.4 Å². The van der Waals surface area contributed by atoms with Gasteiger partial charge in [-0.1, -0.05) is 35.4 Å². The van der Waals surface area contributed by atoms with Gasteiger partial charge in [-0.15, -0.1) is 0 Å². The third-order valence-corrected chi connectivity index (χ3v) is 8.12. The molecule has 1 atom stereocenters. The lowest BCUT2D eigenvalue weighted by Gasteiger charge is -2.40. The Kier molecular flexibility index (Phi) is 7.20. The fraction of sp³-hybridized carbons (Fsp3) is 0.345. The van der Waals surface area contributed by atoms with Gasteiger partial charge in [-0.3, -0.25) is 9.59 Å². The smallest absolute Gasteiger partial charge is 0.260 e. The number of pyridine rings is 1. The van der Waals surface area contributed by atoms with E-state index in [1.165, 1.54) is 26.4 Å². The maximum Gasteiger partial charge on any atom is 0.260 e. The number of carbonyl (C=O) groups is 2. The van der Waals surface area contributed by atoms with Crippen LogP contribution in [0.1, 0.15) is 62.7 Å². The third kappa shape index (κ3) is 4.80. The van der Waals surface area contributed by atoms with Crippen LogP contribution in [0.2, 0.25) is 5.15 Å². The Morgan fingerprint density at radius 1 is 1.10 bits per heavy atom. The van der Waals surface area contributed by atoms with Gasteiger partial charge < -0.3 is 19.7 Å². The number of hydrogen-bond acceptors (Lipinski definition) is 5. The maximum absolute atomic E-state index is 14.8. The number of aromatic nitrogens is 1. The standard InChI is InChI=1S/C29H28ClF2N3O4/c1-16-4-5-20-18(12-16)22(34-27(36)19-13-17(31)15-33-26(19)30)14-29(20)8-10-35(11-9-29)28(37)24-21(32)6-7-23(38-2)25(24)39-3/h4-7,12-13,15,22H,8-11,14H2,1-3H3,(H,34,36). The average Bonchev–Trinajstić information content (AvgIpc) is 3.21. The largest absolute Gasteiger partial charge is 0.493 e. The van der Waals surface area contributed by atoms with Gasteiger partial charge in [0, 0.05) is 18.5 Å². The van der Waals surface area contributed by atoms with Gasteiger partial charge >= 0.3 is 0 Å². The second-order valence-corrected chi connectivity index (χ2v) is 10.4. The Hall–Kier alpha value is -3.72. The highest BCUT2D eigenvalue weighted by molar-refractivity contribution is 6.32. The molecule has 1 fully saturated rings. The summed E-state index contributed by atoms with van der Waals surface area (Å²) in [5, 5.41) is 2.95. The molecular formula is C29H28ClF2N3O4. The van der Waals surface area contributed by atoms with Crippen LogP contribution in [-0.2, 0) is 5.41 Å². The summed E-state index contributed by atoms with van der Waals surface area (Å²) in [6.45, 7) is 2.77. The molecule has 1 spiro atoms. The van der Waals surface area contributed by atoms with Crippen molar-refractivity contribution in [1.29, 1.82) is 0 Å². The Labute approximate surface area is 230 Å². The number of rotatable bonds is 5. The molecule has 0 radical (unpaired) electrons. The minimum absolute atomic E-state index is 0.0264. The molecule has 7 nitrogen and oxygen atoms in total. The number of benzene rings is 2. The Morgan fingerprint density at radius 2 is 1.85 bits per heavy atom. The van der Waals surface area contributed by atoms with E-state index in [1.54, 1.807) is 4.90 Å². The zero-order valence-electron chi connectivity index (χ0n) is 21.8. The van der Waals surface area contributed by atoms with Crippen molar-refractivity contribution in [3.8, 4) is 11.5 Å². The fourth-order valence-corrected chi connectivity index (χ4v) is 6.07. The number of ether oxygens (including phenoxy) is 2. The van der Waals surface area contributed by atoms with Crippen molar-refractivity contribution in [2.75, 3.05) is 27.3 Å². The molecule has 204 valence electrons. The van der Waals surface area contributed by atoms with Gasteiger partial charge in [-0.2, -0.15) is 0 Å². The first-order valence-electron chi connectivity index (χ1n) is 12.6.